The predicted molar refractivity (Wildman–Crippen MR) is 103 cm³/mol. The van der Waals surface area contributed by atoms with Crippen LogP contribution in [0.5, 0.6) is 0 Å². The SMILES string of the molecule is C=C1CC(=O)C2=C(C1)Nc1ccccc1NC2c1ccc(Cl)cc1Cl. The van der Waals surface area contributed by atoms with Crippen molar-refractivity contribution in [3.63, 3.8) is 0 Å². The minimum Gasteiger partial charge on any atom is -0.372 e. The number of halogens is 2. The van der Waals surface area contributed by atoms with E-state index in [0.717, 1.165) is 28.2 Å². The van der Waals surface area contributed by atoms with Crippen molar-refractivity contribution in [1.82, 2.24) is 0 Å². The smallest absolute Gasteiger partial charge is 0.167 e. The van der Waals surface area contributed by atoms with Crippen LogP contribution in [0.4, 0.5) is 11.4 Å². The summed E-state index contributed by atoms with van der Waals surface area (Å²) in [7, 11) is 0. The normalized spacial score (nSPS) is 19.5. The van der Waals surface area contributed by atoms with Gasteiger partial charge in [0.1, 0.15) is 0 Å². The second kappa shape index (κ2) is 6.25. The molecule has 0 fully saturated rings. The molecule has 2 aromatic carbocycles. The summed E-state index contributed by atoms with van der Waals surface area (Å²) in [6.07, 6.45) is 1.01. The quantitative estimate of drug-likeness (QED) is 0.628. The Balaban J connectivity index is 1.92. The van der Waals surface area contributed by atoms with E-state index >= 15 is 0 Å². The summed E-state index contributed by atoms with van der Waals surface area (Å²) in [4.78, 5) is 12.8. The molecular weight excluding hydrogens is 355 g/mol. The first-order valence-electron chi connectivity index (χ1n) is 8.03. The Hall–Kier alpha value is -2.23. The van der Waals surface area contributed by atoms with Crippen LogP contribution in [-0.4, -0.2) is 5.78 Å². The summed E-state index contributed by atoms with van der Waals surface area (Å²) in [5, 5.41) is 8.00. The zero-order chi connectivity index (χ0) is 17.6. The zero-order valence-corrected chi connectivity index (χ0v) is 14.9. The lowest BCUT2D eigenvalue weighted by atomic mass is 9.85. The number of hydrogen-bond donors (Lipinski definition) is 2. The molecule has 4 rings (SSSR count). The summed E-state index contributed by atoms with van der Waals surface area (Å²) in [5.41, 5.74) is 5.20. The number of nitrogens with one attached hydrogen (secondary N) is 2. The highest BCUT2D eigenvalue weighted by molar-refractivity contribution is 6.35. The molecule has 0 radical (unpaired) electrons. The lowest BCUT2D eigenvalue weighted by Gasteiger charge is -2.27. The third kappa shape index (κ3) is 2.94. The second-order valence-corrected chi connectivity index (χ2v) is 7.18. The van der Waals surface area contributed by atoms with Crippen molar-refractivity contribution in [2.24, 2.45) is 0 Å². The molecule has 0 saturated carbocycles. The van der Waals surface area contributed by atoms with Gasteiger partial charge >= 0.3 is 0 Å². The van der Waals surface area contributed by atoms with E-state index in [1.807, 2.05) is 30.3 Å². The largest absolute Gasteiger partial charge is 0.372 e. The van der Waals surface area contributed by atoms with Crippen molar-refractivity contribution in [3.05, 3.63) is 81.5 Å². The number of para-hydroxylation sites is 2. The van der Waals surface area contributed by atoms with Crippen molar-refractivity contribution in [2.45, 2.75) is 18.9 Å². The minimum atomic E-state index is -0.337. The van der Waals surface area contributed by atoms with Crippen LogP contribution in [0.2, 0.25) is 10.0 Å². The summed E-state index contributed by atoms with van der Waals surface area (Å²) < 4.78 is 0. The molecular formula is C20H16Cl2N2O. The Labute approximate surface area is 156 Å². The number of carbonyl (C=O) groups excluding carboxylic acids is 1. The maximum Gasteiger partial charge on any atom is 0.167 e. The molecule has 0 spiro atoms. The molecule has 0 amide bonds. The van der Waals surface area contributed by atoms with E-state index in [9.17, 15) is 4.79 Å². The third-order valence-electron chi connectivity index (χ3n) is 4.54. The van der Waals surface area contributed by atoms with E-state index in [1.54, 1.807) is 12.1 Å². The fraction of sp³-hybridized carbons (Fsp3) is 0.150. The van der Waals surface area contributed by atoms with Gasteiger partial charge in [0, 0.05) is 34.2 Å². The molecule has 0 bridgehead atoms. The highest BCUT2D eigenvalue weighted by Crippen LogP contribution is 2.43. The molecule has 126 valence electrons. The van der Waals surface area contributed by atoms with Crippen molar-refractivity contribution in [2.75, 3.05) is 10.6 Å². The van der Waals surface area contributed by atoms with Gasteiger partial charge < -0.3 is 10.6 Å². The Kier molecular flexibility index (Phi) is 4.06. The molecule has 0 aromatic heterocycles. The highest BCUT2D eigenvalue weighted by Gasteiger charge is 2.33. The fourth-order valence-corrected chi connectivity index (χ4v) is 3.94. The van der Waals surface area contributed by atoms with E-state index in [1.165, 1.54) is 0 Å². The third-order valence-corrected chi connectivity index (χ3v) is 5.10. The van der Waals surface area contributed by atoms with Gasteiger partial charge in [0.05, 0.1) is 17.4 Å². The van der Waals surface area contributed by atoms with Crippen LogP contribution in [-0.2, 0) is 4.79 Å². The summed E-state index contributed by atoms with van der Waals surface area (Å²) in [5.74, 6) is 0.0649. The second-order valence-electron chi connectivity index (χ2n) is 6.33. The summed E-state index contributed by atoms with van der Waals surface area (Å²) in [6.45, 7) is 4.01. The number of hydrogen-bond acceptors (Lipinski definition) is 3. The van der Waals surface area contributed by atoms with Crippen LogP contribution in [0.15, 0.2) is 65.9 Å². The van der Waals surface area contributed by atoms with Gasteiger partial charge in [-0.05, 0) is 29.8 Å². The van der Waals surface area contributed by atoms with Gasteiger partial charge in [0.2, 0.25) is 0 Å². The maximum absolute atomic E-state index is 12.8. The summed E-state index contributed by atoms with van der Waals surface area (Å²) in [6, 6.07) is 12.9. The number of carbonyl (C=O) groups is 1. The highest BCUT2D eigenvalue weighted by atomic mass is 35.5. The lowest BCUT2D eigenvalue weighted by molar-refractivity contribution is -0.115. The van der Waals surface area contributed by atoms with Gasteiger partial charge in [-0.15, -0.1) is 0 Å². The molecule has 1 unspecified atom stereocenters. The molecule has 1 aliphatic heterocycles. The van der Waals surface area contributed by atoms with E-state index in [-0.39, 0.29) is 11.8 Å². The van der Waals surface area contributed by atoms with E-state index < -0.39 is 0 Å². The number of Topliss-reactive ketones (excluding diaryl/α,β-unsaturated/α-hetero) is 1. The molecule has 3 nitrogen and oxygen atoms in total. The number of anilines is 2. The van der Waals surface area contributed by atoms with Crippen molar-refractivity contribution in [1.29, 1.82) is 0 Å². The Bertz CT molecular complexity index is 933. The Morgan fingerprint density at radius 2 is 1.80 bits per heavy atom. The Morgan fingerprint density at radius 3 is 2.56 bits per heavy atom. The summed E-state index contributed by atoms with van der Waals surface area (Å²) >= 11 is 12.5. The van der Waals surface area contributed by atoms with Gasteiger partial charge in [0.15, 0.2) is 5.78 Å². The molecule has 25 heavy (non-hydrogen) atoms. The van der Waals surface area contributed by atoms with Gasteiger partial charge in [-0.1, -0.05) is 53.6 Å². The van der Waals surface area contributed by atoms with Crippen molar-refractivity contribution in [3.8, 4) is 0 Å². The van der Waals surface area contributed by atoms with Gasteiger partial charge in [-0.2, -0.15) is 0 Å². The maximum atomic E-state index is 12.8. The van der Waals surface area contributed by atoms with Crippen LogP contribution in [0.25, 0.3) is 0 Å². The number of ketones is 1. The lowest BCUT2D eigenvalue weighted by Crippen LogP contribution is -2.24. The molecule has 1 atom stereocenters. The molecule has 5 heteroatoms. The van der Waals surface area contributed by atoms with E-state index in [2.05, 4.69) is 17.2 Å². The first-order valence-corrected chi connectivity index (χ1v) is 8.79. The Morgan fingerprint density at radius 1 is 1.04 bits per heavy atom. The number of benzene rings is 2. The first-order chi connectivity index (χ1) is 12.0. The van der Waals surface area contributed by atoms with Gasteiger partial charge in [-0.25, -0.2) is 0 Å². The number of rotatable bonds is 1. The van der Waals surface area contributed by atoms with Crippen molar-refractivity contribution >= 4 is 40.4 Å². The standard InChI is InChI=1S/C20H16Cl2N2O/c1-11-8-17-19(18(25)9-11)20(13-7-6-12(21)10-14(13)22)24-16-5-3-2-4-15(16)23-17/h2-7,10,20,23-24H,1,8-9H2. The van der Waals surface area contributed by atoms with Gasteiger partial charge in [0.25, 0.3) is 0 Å². The van der Waals surface area contributed by atoms with Crippen molar-refractivity contribution < 1.29 is 4.79 Å². The average Bonchev–Trinajstić information content (AvgIpc) is 2.71. The predicted octanol–water partition coefficient (Wildman–Crippen LogP) is 5.75. The molecule has 2 aromatic rings. The number of allylic oxidation sites excluding steroid dienone is 1. The molecule has 1 heterocycles. The average molecular weight is 371 g/mol. The fourth-order valence-electron chi connectivity index (χ4n) is 3.42. The van der Waals surface area contributed by atoms with E-state index in [4.69, 9.17) is 23.2 Å². The van der Waals surface area contributed by atoms with E-state index in [0.29, 0.717) is 28.5 Å². The molecule has 2 aliphatic rings. The monoisotopic (exact) mass is 370 g/mol. The molecule has 0 saturated heterocycles. The zero-order valence-electron chi connectivity index (χ0n) is 13.4. The first kappa shape index (κ1) is 16.2. The van der Waals surface area contributed by atoms with Crippen LogP contribution >= 0.6 is 23.2 Å². The molecule has 2 N–H and O–H groups in total. The topological polar surface area (TPSA) is 41.1 Å². The van der Waals surface area contributed by atoms with Crippen LogP contribution in [0.1, 0.15) is 24.4 Å². The van der Waals surface area contributed by atoms with Gasteiger partial charge in [-0.3, -0.25) is 4.79 Å². The van der Waals surface area contributed by atoms with Crippen LogP contribution in [0.3, 0.4) is 0 Å². The molecule has 1 aliphatic carbocycles. The van der Waals surface area contributed by atoms with Crippen LogP contribution < -0.4 is 10.6 Å². The minimum absolute atomic E-state index is 0.0649. The van der Waals surface area contributed by atoms with Crippen LogP contribution in [0, 0.1) is 0 Å². The number of fused-ring (bicyclic) bond motifs is 1.